The summed E-state index contributed by atoms with van der Waals surface area (Å²) in [6.45, 7) is 12.3. The third kappa shape index (κ3) is 4.96. The molecule has 26 heavy (non-hydrogen) atoms. The topological polar surface area (TPSA) is 67.1 Å². The Hall–Kier alpha value is -2.11. The third-order valence-electron chi connectivity index (χ3n) is 4.37. The Kier molecular flexibility index (Phi) is 7.42. The lowest BCUT2D eigenvalue weighted by Gasteiger charge is -2.20. The number of nitrogen functional groups attached to an aromatic ring is 1. The van der Waals surface area contributed by atoms with E-state index in [1.54, 1.807) is 0 Å². The highest BCUT2D eigenvalue weighted by Crippen LogP contribution is 2.34. The largest absolute Gasteiger partial charge is 0.383 e. The Morgan fingerprint density at radius 1 is 1.12 bits per heavy atom. The van der Waals surface area contributed by atoms with E-state index < -0.39 is 0 Å². The minimum absolute atomic E-state index is 0.469. The predicted octanol–water partition coefficient (Wildman–Crippen LogP) is 4.31. The maximum atomic E-state index is 6.25. The first-order chi connectivity index (χ1) is 12.5. The van der Waals surface area contributed by atoms with Crippen molar-refractivity contribution in [2.45, 2.75) is 27.7 Å². The van der Waals surface area contributed by atoms with Crippen molar-refractivity contribution >= 4 is 28.8 Å². The molecule has 0 aliphatic rings. The van der Waals surface area contributed by atoms with Crippen molar-refractivity contribution in [3.8, 4) is 0 Å². The van der Waals surface area contributed by atoms with E-state index in [2.05, 4.69) is 47.9 Å². The van der Waals surface area contributed by atoms with Crippen molar-refractivity contribution in [2.24, 2.45) is 0 Å². The van der Waals surface area contributed by atoms with E-state index in [0.29, 0.717) is 10.8 Å². The average Bonchev–Trinajstić information content (AvgIpc) is 2.62. The third-order valence-corrected chi connectivity index (χ3v) is 4.63. The molecule has 0 spiro atoms. The molecule has 0 saturated carbocycles. The smallest absolute Gasteiger partial charge is 0.139 e. The number of nitrogens with one attached hydrogen (secondary N) is 1. The summed E-state index contributed by atoms with van der Waals surface area (Å²) in [6, 6.07) is 7.76. The van der Waals surface area contributed by atoms with Crippen molar-refractivity contribution in [2.75, 3.05) is 37.2 Å². The van der Waals surface area contributed by atoms with Crippen molar-refractivity contribution < 1.29 is 0 Å². The normalized spacial score (nSPS) is 10.8. The fourth-order valence-electron chi connectivity index (χ4n) is 2.95. The van der Waals surface area contributed by atoms with Gasteiger partial charge in [-0.05, 0) is 50.2 Å². The Morgan fingerprint density at radius 3 is 2.35 bits per heavy atom. The molecule has 6 heteroatoms. The van der Waals surface area contributed by atoms with E-state index in [9.17, 15) is 0 Å². The van der Waals surface area contributed by atoms with Gasteiger partial charge in [0.15, 0.2) is 0 Å². The predicted molar refractivity (Wildman–Crippen MR) is 112 cm³/mol. The number of anilines is 2. The monoisotopic (exact) mass is 373 g/mol. The average molecular weight is 374 g/mol. The van der Waals surface area contributed by atoms with Crippen LogP contribution < -0.4 is 11.1 Å². The SMILES string of the molecule is CCN(CC)CCNc1ncnc(N)c1C(=C(C)C)c1ccc(Cl)cc1. The van der Waals surface area contributed by atoms with E-state index in [1.807, 2.05) is 24.3 Å². The molecule has 0 aliphatic heterocycles. The molecule has 0 radical (unpaired) electrons. The molecule has 0 fully saturated rings. The van der Waals surface area contributed by atoms with Gasteiger partial charge in [-0.3, -0.25) is 0 Å². The number of hydrogen-bond acceptors (Lipinski definition) is 5. The molecule has 0 amide bonds. The quantitative estimate of drug-likeness (QED) is 0.721. The molecule has 3 N–H and O–H groups in total. The Balaban J connectivity index is 2.37. The highest BCUT2D eigenvalue weighted by molar-refractivity contribution is 6.30. The van der Waals surface area contributed by atoms with Gasteiger partial charge < -0.3 is 16.0 Å². The summed E-state index contributed by atoms with van der Waals surface area (Å²) in [7, 11) is 0. The van der Waals surface area contributed by atoms with Gasteiger partial charge in [0.25, 0.3) is 0 Å². The molecule has 1 aromatic heterocycles. The lowest BCUT2D eigenvalue weighted by atomic mass is 9.94. The summed E-state index contributed by atoms with van der Waals surface area (Å²) in [5, 5.41) is 4.14. The van der Waals surface area contributed by atoms with Crippen LogP contribution in [0.3, 0.4) is 0 Å². The number of benzene rings is 1. The summed E-state index contributed by atoms with van der Waals surface area (Å²) in [5.74, 6) is 1.23. The summed E-state index contributed by atoms with van der Waals surface area (Å²) in [5.41, 5.74) is 10.3. The molecule has 5 nitrogen and oxygen atoms in total. The van der Waals surface area contributed by atoms with Gasteiger partial charge in [-0.1, -0.05) is 43.2 Å². The zero-order valence-corrected chi connectivity index (χ0v) is 16.8. The number of nitrogens with two attached hydrogens (primary N) is 1. The lowest BCUT2D eigenvalue weighted by molar-refractivity contribution is 0.316. The second kappa shape index (κ2) is 9.55. The van der Waals surface area contributed by atoms with Gasteiger partial charge in [-0.15, -0.1) is 0 Å². The lowest BCUT2D eigenvalue weighted by Crippen LogP contribution is -2.29. The van der Waals surface area contributed by atoms with Crippen molar-refractivity contribution in [1.29, 1.82) is 0 Å². The first-order valence-corrected chi connectivity index (χ1v) is 9.36. The highest BCUT2D eigenvalue weighted by atomic mass is 35.5. The van der Waals surface area contributed by atoms with E-state index in [1.165, 1.54) is 6.33 Å². The maximum Gasteiger partial charge on any atom is 0.139 e. The number of aromatic nitrogens is 2. The van der Waals surface area contributed by atoms with Crippen LogP contribution in [-0.2, 0) is 0 Å². The fourth-order valence-corrected chi connectivity index (χ4v) is 3.08. The van der Waals surface area contributed by atoms with Gasteiger partial charge in [-0.2, -0.15) is 0 Å². The molecule has 1 heterocycles. The first kappa shape index (κ1) is 20.2. The van der Waals surface area contributed by atoms with Crippen LogP contribution in [0.15, 0.2) is 36.2 Å². The number of rotatable bonds is 8. The van der Waals surface area contributed by atoms with E-state index in [0.717, 1.165) is 54.3 Å². The number of halogens is 1. The first-order valence-electron chi connectivity index (χ1n) is 8.98. The maximum absolute atomic E-state index is 6.25. The number of nitrogens with zero attached hydrogens (tertiary/aromatic N) is 3. The number of hydrogen-bond donors (Lipinski definition) is 2. The molecule has 0 atom stereocenters. The van der Waals surface area contributed by atoms with Gasteiger partial charge in [-0.25, -0.2) is 9.97 Å². The zero-order valence-electron chi connectivity index (χ0n) is 16.0. The molecule has 2 rings (SSSR count). The Bertz CT molecular complexity index is 747. The molecule has 140 valence electrons. The van der Waals surface area contributed by atoms with Crippen LogP contribution in [0.5, 0.6) is 0 Å². The van der Waals surface area contributed by atoms with Crippen LogP contribution >= 0.6 is 11.6 Å². The van der Waals surface area contributed by atoms with Gasteiger partial charge in [0.2, 0.25) is 0 Å². The van der Waals surface area contributed by atoms with Crippen LogP contribution in [0.25, 0.3) is 5.57 Å². The summed E-state index contributed by atoms with van der Waals surface area (Å²) in [6.07, 6.45) is 1.50. The van der Waals surface area contributed by atoms with Crippen LogP contribution in [-0.4, -0.2) is 41.0 Å². The van der Waals surface area contributed by atoms with E-state index in [-0.39, 0.29) is 0 Å². The van der Waals surface area contributed by atoms with Crippen LogP contribution in [0.2, 0.25) is 5.02 Å². The minimum Gasteiger partial charge on any atom is -0.383 e. The molecular formula is C20H28ClN5. The van der Waals surface area contributed by atoms with E-state index >= 15 is 0 Å². The number of allylic oxidation sites excluding steroid dienone is 1. The number of likely N-dealkylation sites (N-methyl/N-ethyl adjacent to an activating group) is 1. The summed E-state index contributed by atoms with van der Waals surface area (Å²) < 4.78 is 0. The second-order valence-electron chi connectivity index (χ2n) is 6.32. The Labute approximate surface area is 161 Å². The second-order valence-corrected chi connectivity index (χ2v) is 6.75. The molecule has 2 aromatic rings. The van der Waals surface area contributed by atoms with Crippen LogP contribution in [0.4, 0.5) is 11.6 Å². The van der Waals surface area contributed by atoms with Gasteiger partial charge in [0, 0.05) is 18.1 Å². The van der Waals surface area contributed by atoms with Gasteiger partial charge in [0.05, 0.1) is 5.56 Å². The molecule has 0 saturated heterocycles. The molecule has 0 unspecified atom stereocenters. The molecular weight excluding hydrogens is 346 g/mol. The van der Waals surface area contributed by atoms with E-state index in [4.69, 9.17) is 17.3 Å². The highest BCUT2D eigenvalue weighted by Gasteiger charge is 2.17. The minimum atomic E-state index is 0.469. The van der Waals surface area contributed by atoms with Crippen LogP contribution in [0, 0.1) is 0 Å². The molecule has 0 bridgehead atoms. The van der Waals surface area contributed by atoms with Crippen LogP contribution in [0.1, 0.15) is 38.8 Å². The standard InChI is InChI=1S/C20H28ClN5/c1-5-26(6-2)12-11-23-20-18(19(22)24-13-25-20)17(14(3)4)15-7-9-16(21)10-8-15/h7-10,13H,5-6,11-12H2,1-4H3,(H3,22,23,24,25). The summed E-state index contributed by atoms with van der Waals surface area (Å²) in [4.78, 5) is 11.0. The van der Waals surface area contributed by atoms with Gasteiger partial charge >= 0.3 is 0 Å². The molecule has 0 aliphatic carbocycles. The Morgan fingerprint density at radius 2 is 1.77 bits per heavy atom. The van der Waals surface area contributed by atoms with Crippen molar-refractivity contribution in [1.82, 2.24) is 14.9 Å². The van der Waals surface area contributed by atoms with Gasteiger partial charge in [0.1, 0.15) is 18.0 Å². The zero-order chi connectivity index (χ0) is 19.1. The molecule has 1 aromatic carbocycles. The van der Waals surface area contributed by atoms with Crippen molar-refractivity contribution in [3.05, 3.63) is 52.3 Å². The fraction of sp³-hybridized carbons (Fsp3) is 0.400. The van der Waals surface area contributed by atoms with Crippen molar-refractivity contribution in [3.63, 3.8) is 0 Å². The summed E-state index contributed by atoms with van der Waals surface area (Å²) >= 11 is 6.05.